The summed E-state index contributed by atoms with van der Waals surface area (Å²) < 4.78 is 11.5. The summed E-state index contributed by atoms with van der Waals surface area (Å²) in [4.78, 5) is 4.39. The first kappa shape index (κ1) is 15.5. The molecule has 104 valence electrons. The first-order valence-electron chi connectivity index (χ1n) is 5.35. The van der Waals surface area contributed by atoms with Crippen molar-refractivity contribution >= 4 is 19.8 Å². The molecule has 17 heavy (non-hydrogen) atoms. The second-order valence-corrected chi connectivity index (χ2v) is 10.5. The van der Waals surface area contributed by atoms with Gasteiger partial charge in [-0.15, -0.1) is 0 Å². The van der Waals surface area contributed by atoms with Crippen LogP contribution in [0.2, 0.25) is 0 Å². The molecule has 1 aliphatic rings. The molecule has 1 unspecified atom stereocenters. The van der Waals surface area contributed by atoms with Crippen LogP contribution in [0.15, 0.2) is 0 Å². The fraction of sp³-hybridized carbons (Fsp3) is 1.00. The molecule has 0 radical (unpaired) electrons. The van der Waals surface area contributed by atoms with Gasteiger partial charge in [0.1, 0.15) is 0 Å². The molecular formula is C10H21IO6. The molecule has 1 fully saturated rings. The van der Waals surface area contributed by atoms with Crippen LogP contribution in [0.1, 0.15) is 0 Å². The van der Waals surface area contributed by atoms with Crippen molar-refractivity contribution in [2.75, 3.05) is 27.5 Å². The van der Waals surface area contributed by atoms with Gasteiger partial charge >= 0.3 is 108 Å². The van der Waals surface area contributed by atoms with E-state index in [4.69, 9.17) is 14.6 Å². The Hall–Kier alpha value is 0.490. The molecule has 6 nitrogen and oxygen atoms in total. The Labute approximate surface area is 108 Å². The van der Waals surface area contributed by atoms with E-state index in [1.807, 2.05) is 0 Å². The Bertz CT molecular complexity index is 225. The third-order valence-electron chi connectivity index (χ3n) is 2.59. The van der Waals surface area contributed by atoms with E-state index in [2.05, 4.69) is 9.86 Å². The number of ether oxygens (including phenoxy) is 2. The number of aliphatic hydroxyl groups excluding tert-OH is 4. The zero-order valence-corrected chi connectivity index (χ0v) is 12.1. The summed E-state index contributed by atoms with van der Waals surface area (Å²) in [6.07, 6.45) is -5.85. The van der Waals surface area contributed by atoms with Crippen LogP contribution in [0.3, 0.4) is 0 Å². The van der Waals surface area contributed by atoms with E-state index in [9.17, 15) is 15.3 Å². The Morgan fingerprint density at radius 2 is 1.76 bits per heavy atom. The average Bonchev–Trinajstić information content (AvgIpc) is 2.29. The van der Waals surface area contributed by atoms with E-state index in [0.29, 0.717) is 6.61 Å². The summed E-state index contributed by atoms with van der Waals surface area (Å²) in [5, 5.41) is 37.7. The summed E-state index contributed by atoms with van der Waals surface area (Å²) in [5.41, 5.74) is 0. The van der Waals surface area contributed by atoms with Gasteiger partial charge in [0.05, 0.1) is 0 Å². The van der Waals surface area contributed by atoms with Gasteiger partial charge in [-0.25, -0.2) is 0 Å². The van der Waals surface area contributed by atoms with Gasteiger partial charge < -0.3 is 0 Å². The van der Waals surface area contributed by atoms with Crippen molar-refractivity contribution in [2.24, 2.45) is 0 Å². The summed E-state index contributed by atoms with van der Waals surface area (Å²) in [7, 11) is 0. The van der Waals surface area contributed by atoms with Crippen LogP contribution in [0.4, 0.5) is 0 Å². The molecule has 4 N–H and O–H groups in total. The van der Waals surface area contributed by atoms with Crippen LogP contribution >= 0.6 is 19.8 Å². The van der Waals surface area contributed by atoms with Crippen LogP contribution in [0.5, 0.6) is 0 Å². The molecule has 0 saturated carbocycles. The van der Waals surface area contributed by atoms with E-state index in [1.165, 1.54) is 0 Å². The molecule has 0 aromatic carbocycles. The van der Waals surface area contributed by atoms with Crippen molar-refractivity contribution in [2.45, 2.75) is 30.7 Å². The minimum atomic E-state index is -1.36. The van der Waals surface area contributed by atoms with Crippen LogP contribution in [-0.4, -0.2) is 78.6 Å². The number of hydrogen-bond donors (Lipinski definition) is 4. The molecule has 1 rings (SSSR count). The van der Waals surface area contributed by atoms with Gasteiger partial charge in [0.25, 0.3) is 0 Å². The van der Waals surface area contributed by atoms with Gasteiger partial charge in [0.15, 0.2) is 0 Å². The predicted molar refractivity (Wildman–Crippen MR) is 70.5 cm³/mol. The number of aliphatic hydroxyl groups is 4. The zero-order chi connectivity index (χ0) is 13.0. The molecule has 1 saturated heterocycles. The maximum atomic E-state index is 9.66. The van der Waals surface area contributed by atoms with E-state index in [-0.39, 0.29) is 0 Å². The Morgan fingerprint density at radius 1 is 1.12 bits per heavy atom. The Kier molecular flexibility index (Phi) is 6.56. The summed E-state index contributed by atoms with van der Waals surface area (Å²) in [5.74, 6) is 0. The molecule has 0 aliphatic carbocycles. The molecule has 0 amide bonds. The molecule has 5 atom stereocenters. The van der Waals surface area contributed by atoms with Crippen molar-refractivity contribution in [3.63, 3.8) is 0 Å². The number of rotatable bonds is 5. The molecule has 0 aromatic heterocycles. The quantitative estimate of drug-likeness (QED) is 0.353. The molecule has 1 heterocycles. The molecule has 7 heteroatoms. The molecule has 0 bridgehead atoms. The van der Waals surface area contributed by atoms with Crippen LogP contribution in [-0.2, 0) is 9.47 Å². The normalized spacial score (nSPS) is 39.2. The minimum absolute atomic E-state index is 0.426. The number of halogens is 1. The summed E-state index contributed by atoms with van der Waals surface area (Å²) >= 11 is -0.890. The fourth-order valence-corrected chi connectivity index (χ4v) is 2.66. The van der Waals surface area contributed by atoms with E-state index >= 15 is 0 Å². The molecule has 0 aromatic rings. The van der Waals surface area contributed by atoms with Crippen molar-refractivity contribution < 1.29 is 29.9 Å². The number of alkyl halides is 3. The zero-order valence-electron chi connectivity index (χ0n) is 9.99. The van der Waals surface area contributed by atoms with Gasteiger partial charge in [-0.3, -0.25) is 0 Å². The van der Waals surface area contributed by atoms with E-state index < -0.39 is 57.1 Å². The maximum absolute atomic E-state index is 9.66. The van der Waals surface area contributed by atoms with Crippen LogP contribution < -0.4 is 0 Å². The first-order chi connectivity index (χ1) is 7.97. The average molecular weight is 364 g/mol. The second kappa shape index (κ2) is 7.17. The van der Waals surface area contributed by atoms with E-state index in [0.717, 1.165) is 4.43 Å². The van der Waals surface area contributed by atoms with Crippen molar-refractivity contribution in [3.8, 4) is 0 Å². The van der Waals surface area contributed by atoms with E-state index in [1.54, 1.807) is 0 Å². The first-order valence-corrected chi connectivity index (χ1v) is 11.2. The fourth-order valence-electron chi connectivity index (χ4n) is 1.52. The van der Waals surface area contributed by atoms with Crippen molar-refractivity contribution in [1.29, 1.82) is 0 Å². The predicted octanol–water partition coefficient (Wildman–Crippen LogP) is -1.43. The SMILES string of the molecule is CI(C)CCO[C@H]1O[C@H](CO)[C@@H](O)C(O)[C@@H]1O. The van der Waals surface area contributed by atoms with Gasteiger partial charge in [0, 0.05) is 0 Å². The third kappa shape index (κ3) is 4.27. The van der Waals surface area contributed by atoms with Gasteiger partial charge in [-0.2, -0.15) is 0 Å². The summed E-state index contributed by atoms with van der Waals surface area (Å²) in [6.45, 7) is 0.0331. The van der Waals surface area contributed by atoms with Crippen molar-refractivity contribution in [3.05, 3.63) is 0 Å². The Morgan fingerprint density at radius 3 is 2.29 bits per heavy atom. The van der Waals surface area contributed by atoms with Gasteiger partial charge in [-0.05, 0) is 0 Å². The standard InChI is InChI=1S/C10H21IO6/c1-11(2)3-4-16-10-9(15)8(14)7(13)6(5-12)17-10/h6-10,12-15H,3-5H2,1-2H3/t6-,7-,8?,9+,10+/m1/s1. The summed E-state index contributed by atoms with van der Waals surface area (Å²) in [6, 6.07) is 0. The Balaban J connectivity index is 2.47. The van der Waals surface area contributed by atoms with Gasteiger partial charge in [0.2, 0.25) is 0 Å². The van der Waals surface area contributed by atoms with Gasteiger partial charge in [-0.1, -0.05) is 0 Å². The third-order valence-corrected chi connectivity index (χ3v) is 5.18. The molecular weight excluding hydrogens is 343 g/mol. The second-order valence-electron chi connectivity index (χ2n) is 4.17. The van der Waals surface area contributed by atoms with Crippen molar-refractivity contribution in [1.82, 2.24) is 0 Å². The van der Waals surface area contributed by atoms with Crippen LogP contribution in [0.25, 0.3) is 0 Å². The molecule has 1 aliphatic heterocycles. The monoisotopic (exact) mass is 364 g/mol. The molecule has 0 spiro atoms. The topological polar surface area (TPSA) is 99.4 Å². The number of hydrogen-bond acceptors (Lipinski definition) is 6. The van der Waals surface area contributed by atoms with Crippen LogP contribution in [0, 0.1) is 0 Å².